The third-order valence-electron chi connectivity index (χ3n) is 3.32. The van der Waals surface area contributed by atoms with E-state index in [1.165, 1.54) is 32.1 Å². The number of carbonyl (C=O) groups excluding carboxylic acids is 1. The number of hydrogen-bond acceptors (Lipinski definition) is 5. The molecule has 0 spiro atoms. The molecule has 6 heteroatoms. The van der Waals surface area contributed by atoms with Crippen LogP contribution in [-0.2, 0) is 0 Å². The first-order valence-electron chi connectivity index (χ1n) is 6.22. The molecule has 0 atom stereocenters. The molecule has 1 aliphatic carbocycles. The normalized spacial score (nSPS) is 16.5. The monoisotopic (exact) mass is 268 g/mol. The number of carbonyl (C=O) groups is 1. The molecule has 0 radical (unpaired) electrons. The van der Waals surface area contributed by atoms with Crippen molar-refractivity contribution in [3.8, 4) is 0 Å². The van der Waals surface area contributed by atoms with E-state index < -0.39 is 0 Å². The van der Waals surface area contributed by atoms with E-state index in [0.29, 0.717) is 18.0 Å². The molecule has 0 aliphatic heterocycles. The number of anilines is 2. The molecule has 0 unspecified atom stereocenters. The number of nitrogens with one attached hydrogen (secondary N) is 1. The Balaban J connectivity index is 2.05. The van der Waals surface area contributed by atoms with Crippen LogP contribution in [0.1, 0.15) is 42.5 Å². The number of aromatic nitrogens is 2. The highest BCUT2D eigenvalue weighted by molar-refractivity contribution is 6.32. The molecule has 1 aromatic heterocycles. The van der Waals surface area contributed by atoms with Crippen LogP contribution in [-0.4, -0.2) is 22.8 Å². The van der Waals surface area contributed by atoms with E-state index in [9.17, 15) is 4.79 Å². The first kappa shape index (κ1) is 13.1. The first-order valence-corrected chi connectivity index (χ1v) is 6.60. The van der Waals surface area contributed by atoms with Gasteiger partial charge in [-0.25, -0.2) is 4.98 Å². The molecule has 0 aromatic carbocycles. The Kier molecular flexibility index (Phi) is 4.36. The van der Waals surface area contributed by atoms with Gasteiger partial charge in [-0.05, 0) is 18.8 Å². The largest absolute Gasteiger partial charge is 0.369 e. The topological polar surface area (TPSA) is 80.9 Å². The van der Waals surface area contributed by atoms with Crippen LogP contribution in [0.15, 0.2) is 0 Å². The summed E-state index contributed by atoms with van der Waals surface area (Å²) in [6, 6.07) is 0. The van der Waals surface area contributed by atoms with Gasteiger partial charge in [0.2, 0.25) is 5.95 Å². The van der Waals surface area contributed by atoms with Crippen molar-refractivity contribution in [3.63, 3.8) is 0 Å². The van der Waals surface area contributed by atoms with Gasteiger partial charge in [-0.15, -0.1) is 0 Å². The quantitative estimate of drug-likeness (QED) is 0.648. The third-order valence-corrected chi connectivity index (χ3v) is 3.61. The summed E-state index contributed by atoms with van der Waals surface area (Å²) in [5.41, 5.74) is 5.81. The van der Waals surface area contributed by atoms with E-state index in [0.717, 1.165) is 6.54 Å². The molecule has 3 N–H and O–H groups in total. The van der Waals surface area contributed by atoms with E-state index in [4.69, 9.17) is 17.3 Å². The fourth-order valence-electron chi connectivity index (χ4n) is 2.33. The zero-order valence-electron chi connectivity index (χ0n) is 10.2. The minimum atomic E-state index is 0.0803. The van der Waals surface area contributed by atoms with E-state index in [1.807, 2.05) is 0 Å². The lowest BCUT2D eigenvalue weighted by molar-refractivity contribution is 0.112. The van der Waals surface area contributed by atoms with Crippen molar-refractivity contribution in [3.05, 3.63) is 10.7 Å². The van der Waals surface area contributed by atoms with Gasteiger partial charge in [0.25, 0.3) is 0 Å². The van der Waals surface area contributed by atoms with Gasteiger partial charge in [0.15, 0.2) is 6.29 Å². The number of nitrogens with two attached hydrogens (primary N) is 1. The lowest BCUT2D eigenvalue weighted by atomic mass is 9.89. The zero-order chi connectivity index (χ0) is 13.0. The Labute approximate surface area is 111 Å². The predicted molar refractivity (Wildman–Crippen MR) is 71.9 cm³/mol. The summed E-state index contributed by atoms with van der Waals surface area (Å²) in [5.74, 6) is 1.15. The molecular formula is C12H17ClN4O. The molecule has 1 heterocycles. The number of hydrogen-bond donors (Lipinski definition) is 2. The van der Waals surface area contributed by atoms with Gasteiger partial charge in [0.1, 0.15) is 11.0 Å². The third kappa shape index (κ3) is 3.10. The highest BCUT2D eigenvalue weighted by Crippen LogP contribution is 2.25. The highest BCUT2D eigenvalue weighted by Gasteiger charge is 2.16. The molecule has 1 saturated carbocycles. The molecule has 1 aromatic rings. The van der Waals surface area contributed by atoms with E-state index in [-0.39, 0.29) is 16.7 Å². The second kappa shape index (κ2) is 6.00. The van der Waals surface area contributed by atoms with Crippen LogP contribution in [0.2, 0.25) is 5.15 Å². The molecule has 18 heavy (non-hydrogen) atoms. The number of rotatable bonds is 4. The molecular weight excluding hydrogens is 252 g/mol. The molecule has 98 valence electrons. The van der Waals surface area contributed by atoms with Crippen LogP contribution < -0.4 is 11.1 Å². The van der Waals surface area contributed by atoms with Crippen LogP contribution in [0, 0.1) is 5.92 Å². The minimum absolute atomic E-state index is 0.0803. The summed E-state index contributed by atoms with van der Waals surface area (Å²) in [6.07, 6.45) is 6.97. The molecule has 1 fully saturated rings. The number of nitrogens with zero attached hydrogens (tertiary/aromatic N) is 2. The lowest BCUT2D eigenvalue weighted by Crippen LogP contribution is -2.19. The zero-order valence-corrected chi connectivity index (χ0v) is 10.9. The predicted octanol–water partition coefficient (Wildman–Crippen LogP) is 2.52. The Bertz CT molecular complexity index is 432. The van der Waals surface area contributed by atoms with Gasteiger partial charge in [-0.1, -0.05) is 30.9 Å². The Morgan fingerprint density at radius 2 is 2.06 bits per heavy atom. The summed E-state index contributed by atoms with van der Waals surface area (Å²) in [4.78, 5) is 18.8. The van der Waals surface area contributed by atoms with Gasteiger partial charge in [0, 0.05) is 6.54 Å². The van der Waals surface area contributed by atoms with E-state index in [2.05, 4.69) is 15.3 Å². The Morgan fingerprint density at radius 1 is 1.33 bits per heavy atom. The number of nitrogen functional groups attached to an aromatic ring is 1. The molecule has 2 rings (SSSR count). The fourth-order valence-corrected chi connectivity index (χ4v) is 2.55. The van der Waals surface area contributed by atoms with E-state index >= 15 is 0 Å². The minimum Gasteiger partial charge on any atom is -0.369 e. The van der Waals surface area contributed by atoms with Gasteiger partial charge in [0.05, 0.1) is 5.56 Å². The van der Waals surface area contributed by atoms with Crippen LogP contribution in [0.5, 0.6) is 0 Å². The standard InChI is InChI=1S/C12H17ClN4O/c13-10-9(7-18)11(17-12(14)16-10)15-6-8-4-2-1-3-5-8/h7-8H,1-6H2,(H3,14,15,16,17). The molecule has 0 saturated heterocycles. The van der Waals surface area contributed by atoms with Gasteiger partial charge in [-0.3, -0.25) is 4.79 Å². The van der Waals surface area contributed by atoms with Crippen LogP contribution in [0.25, 0.3) is 0 Å². The van der Waals surface area contributed by atoms with Gasteiger partial charge >= 0.3 is 0 Å². The van der Waals surface area contributed by atoms with Crippen molar-refractivity contribution >= 4 is 29.7 Å². The van der Waals surface area contributed by atoms with Crippen LogP contribution >= 0.6 is 11.6 Å². The average molecular weight is 269 g/mol. The average Bonchev–Trinajstić information content (AvgIpc) is 2.37. The van der Waals surface area contributed by atoms with Crippen LogP contribution in [0.4, 0.5) is 11.8 Å². The summed E-state index contributed by atoms with van der Waals surface area (Å²) >= 11 is 5.85. The van der Waals surface area contributed by atoms with Crippen molar-refractivity contribution in [1.82, 2.24) is 9.97 Å². The SMILES string of the molecule is Nc1nc(Cl)c(C=O)c(NCC2CCCCC2)n1. The Hall–Kier alpha value is -1.36. The maximum Gasteiger partial charge on any atom is 0.223 e. The van der Waals surface area contributed by atoms with Gasteiger partial charge < -0.3 is 11.1 Å². The van der Waals surface area contributed by atoms with Crippen molar-refractivity contribution < 1.29 is 4.79 Å². The van der Waals surface area contributed by atoms with Crippen LogP contribution in [0.3, 0.4) is 0 Å². The van der Waals surface area contributed by atoms with Gasteiger partial charge in [-0.2, -0.15) is 4.98 Å². The number of halogens is 1. The summed E-state index contributed by atoms with van der Waals surface area (Å²) < 4.78 is 0. The summed E-state index contributed by atoms with van der Waals surface area (Å²) in [6.45, 7) is 0.799. The second-order valence-corrected chi connectivity index (χ2v) is 5.00. The molecule has 0 bridgehead atoms. The smallest absolute Gasteiger partial charge is 0.223 e. The van der Waals surface area contributed by atoms with E-state index in [1.54, 1.807) is 0 Å². The summed E-state index contributed by atoms with van der Waals surface area (Å²) in [7, 11) is 0. The lowest BCUT2D eigenvalue weighted by Gasteiger charge is -2.22. The van der Waals surface area contributed by atoms with Crippen molar-refractivity contribution in [2.24, 2.45) is 5.92 Å². The number of aldehydes is 1. The highest BCUT2D eigenvalue weighted by atomic mass is 35.5. The van der Waals surface area contributed by atoms with Crippen molar-refractivity contribution in [2.45, 2.75) is 32.1 Å². The van der Waals surface area contributed by atoms with Crippen molar-refractivity contribution in [1.29, 1.82) is 0 Å². The second-order valence-electron chi connectivity index (χ2n) is 4.64. The summed E-state index contributed by atoms with van der Waals surface area (Å²) in [5, 5.41) is 3.27. The van der Waals surface area contributed by atoms with Crippen molar-refractivity contribution in [2.75, 3.05) is 17.6 Å². The fraction of sp³-hybridized carbons (Fsp3) is 0.583. The maximum atomic E-state index is 11.0. The molecule has 5 nitrogen and oxygen atoms in total. The Morgan fingerprint density at radius 3 is 2.72 bits per heavy atom. The molecule has 0 amide bonds. The molecule has 1 aliphatic rings. The maximum absolute atomic E-state index is 11.0. The first-order chi connectivity index (χ1) is 8.70.